The van der Waals surface area contributed by atoms with Gasteiger partial charge in [-0.2, -0.15) is 0 Å². The zero-order chi connectivity index (χ0) is 12.9. The maximum atomic E-state index is 9.81. The van der Waals surface area contributed by atoms with Crippen LogP contribution in [0.1, 0.15) is 53.4 Å². The Morgan fingerprint density at radius 3 is 2.35 bits per heavy atom. The fourth-order valence-electron chi connectivity index (χ4n) is 2.13. The second kappa shape index (κ2) is 6.72. The van der Waals surface area contributed by atoms with Gasteiger partial charge in [0.1, 0.15) is 0 Å². The molecule has 0 aromatic carbocycles. The Hall–Kier alpha value is -0.120. The number of rotatable bonds is 5. The lowest BCUT2D eigenvalue weighted by Crippen LogP contribution is -2.42. The Balaban J connectivity index is 2.09. The molecule has 0 aromatic rings. The monoisotopic (exact) mass is 243 g/mol. The Bertz CT molecular complexity index is 205. The smallest absolute Gasteiger partial charge is 0.0898 e. The van der Waals surface area contributed by atoms with E-state index in [0.29, 0.717) is 19.3 Å². The van der Waals surface area contributed by atoms with Gasteiger partial charge in [0.15, 0.2) is 0 Å². The normalized spacial score (nSPS) is 28.1. The highest BCUT2D eigenvalue weighted by Gasteiger charge is 2.20. The van der Waals surface area contributed by atoms with Crippen molar-refractivity contribution < 1.29 is 9.84 Å². The summed E-state index contributed by atoms with van der Waals surface area (Å²) in [6, 6.07) is 0. The molecule has 1 atom stereocenters. The molecule has 102 valence electrons. The van der Waals surface area contributed by atoms with Crippen molar-refractivity contribution in [3.63, 3.8) is 0 Å². The van der Waals surface area contributed by atoms with E-state index in [0.717, 1.165) is 18.8 Å². The predicted molar refractivity (Wildman–Crippen MR) is 71.1 cm³/mol. The van der Waals surface area contributed by atoms with Crippen LogP contribution >= 0.6 is 0 Å². The molecule has 1 saturated carbocycles. The van der Waals surface area contributed by atoms with Crippen LogP contribution in [0, 0.1) is 5.92 Å². The molecule has 17 heavy (non-hydrogen) atoms. The summed E-state index contributed by atoms with van der Waals surface area (Å²) >= 11 is 0. The third-order valence-corrected chi connectivity index (χ3v) is 3.36. The number of hydrogen-bond acceptors (Lipinski definition) is 3. The summed E-state index contributed by atoms with van der Waals surface area (Å²) in [7, 11) is 0. The number of nitrogens with one attached hydrogen (secondary N) is 1. The highest BCUT2D eigenvalue weighted by Crippen LogP contribution is 2.25. The standard InChI is InChI=1S/C14H29NO2/c1-11-5-7-13(8-6-11)17-10-12(16)9-15-14(2,3)4/h11-13,15-16H,5-10H2,1-4H3/t11?,12-,13?/m0/s1. The molecule has 3 heteroatoms. The maximum Gasteiger partial charge on any atom is 0.0898 e. The molecule has 3 nitrogen and oxygen atoms in total. The van der Waals surface area contributed by atoms with Crippen LogP contribution in [0.2, 0.25) is 0 Å². The van der Waals surface area contributed by atoms with Crippen molar-refractivity contribution in [2.24, 2.45) is 5.92 Å². The van der Waals surface area contributed by atoms with Crippen molar-refractivity contribution in [2.75, 3.05) is 13.2 Å². The van der Waals surface area contributed by atoms with Gasteiger partial charge in [-0.25, -0.2) is 0 Å². The number of hydrogen-bond donors (Lipinski definition) is 2. The largest absolute Gasteiger partial charge is 0.389 e. The lowest BCUT2D eigenvalue weighted by Gasteiger charge is -2.28. The minimum absolute atomic E-state index is 0.0568. The van der Waals surface area contributed by atoms with E-state index in [1.54, 1.807) is 0 Å². The van der Waals surface area contributed by atoms with Crippen molar-refractivity contribution in [3.8, 4) is 0 Å². The molecule has 0 amide bonds. The SMILES string of the molecule is CC1CCC(OC[C@@H](O)CNC(C)(C)C)CC1. The van der Waals surface area contributed by atoms with E-state index in [2.05, 4.69) is 33.0 Å². The van der Waals surface area contributed by atoms with E-state index < -0.39 is 6.10 Å². The van der Waals surface area contributed by atoms with Gasteiger partial charge in [-0.1, -0.05) is 6.92 Å². The maximum absolute atomic E-state index is 9.81. The molecule has 0 heterocycles. The minimum atomic E-state index is -0.395. The van der Waals surface area contributed by atoms with Gasteiger partial charge in [0, 0.05) is 12.1 Å². The van der Waals surface area contributed by atoms with Gasteiger partial charge in [0.2, 0.25) is 0 Å². The first-order valence-corrected chi connectivity index (χ1v) is 6.91. The van der Waals surface area contributed by atoms with Gasteiger partial charge in [0.05, 0.1) is 18.8 Å². The van der Waals surface area contributed by atoms with Crippen LogP contribution in [-0.2, 0) is 4.74 Å². The van der Waals surface area contributed by atoms with Crippen molar-refractivity contribution in [2.45, 2.75) is 71.1 Å². The van der Waals surface area contributed by atoms with E-state index in [1.807, 2.05) is 0 Å². The van der Waals surface area contributed by atoms with Crippen LogP contribution in [0.15, 0.2) is 0 Å². The third kappa shape index (κ3) is 7.02. The van der Waals surface area contributed by atoms with E-state index >= 15 is 0 Å². The molecule has 1 fully saturated rings. The second-order valence-corrected chi connectivity index (χ2v) is 6.50. The third-order valence-electron chi connectivity index (χ3n) is 3.36. The van der Waals surface area contributed by atoms with Crippen molar-refractivity contribution in [1.82, 2.24) is 5.32 Å². The highest BCUT2D eigenvalue weighted by molar-refractivity contribution is 4.74. The molecule has 1 rings (SSSR count). The van der Waals surface area contributed by atoms with Crippen LogP contribution in [0.4, 0.5) is 0 Å². The molecule has 0 bridgehead atoms. The second-order valence-electron chi connectivity index (χ2n) is 6.50. The molecule has 0 unspecified atom stereocenters. The van der Waals surface area contributed by atoms with Crippen LogP contribution in [-0.4, -0.2) is 36.0 Å². The molecule has 2 N–H and O–H groups in total. The van der Waals surface area contributed by atoms with Gasteiger partial charge in [0.25, 0.3) is 0 Å². The molecular formula is C14H29NO2. The highest BCUT2D eigenvalue weighted by atomic mass is 16.5. The summed E-state index contributed by atoms with van der Waals surface area (Å²) in [6.45, 7) is 9.67. The van der Waals surface area contributed by atoms with Gasteiger partial charge >= 0.3 is 0 Å². The molecule has 0 radical (unpaired) electrons. The summed E-state index contributed by atoms with van der Waals surface area (Å²) in [5.74, 6) is 0.849. The summed E-state index contributed by atoms with van der Waals surface area (Å²) in [4.78, 5) is 0. The zero-order valence-electron chi connectivity index (χ0n) is 11.8. The minimum Gasteiger partial charge on any atom is -0.389 e. The Morgan fingerprint density at radius 1 is 1.24 bits per heavy atom. The summed E-state index contributed by atoms with van der Waals surface area (Å²) < 4.78 is 5.77. The van der Waals surface area contributed by atoms with Crippen LogP contribution in [0.3, 0.4) is 0 Å². The Kier molecular flexibility index (Phi) is 5.90. The van der Waals surface area contributed by atoms with Crippen LogP contribution in [0.25, 0.3) is 0 Å². The van der Waals surface area contributed by atoms with E-state index in [1.165, 1.54) is 12.8 Å². The number of ether oxygens (including phenoxy) is 1. The van der Waals surface area contributed by atoms with Gasteiger partial charge in [-0.05, 0) is 52.4 Å². The lowest BCUT2D eigenvalue weighted by molar-refractivity contribution is -0.0290. The first-order valence-electron chi connectivity index (χ1n) is 6.91. The first kappa shape index (κ1) is 14.9. The average Bonchev–Trinajstić information content (AvgIpc) is 2.25. The molecule has 1 aliphatic carbocycles. The lowest BCUT2D eigenvalue weighted by atomic mass is 9.89. The molecule has 0 spiro atoms. The molecular weight excluding hydrogens is 214 g/mol. The number of aliphatic hydroxyl groups excluding tert-OH is 1. The van der Waals surface area contributed by atoms with E-state index in [-0.39, 0.29) is 5.54 Å². The van der Waals surface area contributed by atoms with E-state index in [4.69, 9.17) is 4.74 Å². The number of β-amino-alcohol motifs (C(OH)–C–C–N with tert-alkyl or cyclic N) is 1. The quantitative estimate of drug-likeness (QED) is 0.778. The molecule has 0 aromatic heterocycles. The molecule has 0 aliphatic heterocycles. The molecule has 1 aliphatic rings. The summed E-state index contributed by atoms with van der Waals surface area (Å²) in [5.41, 5.74) is 0.0568. The van der Waals surface area contributed by atoms with Crippen molar-refractivity contribution in [3.05, 3.63) is 0 Å². The van der Waals surface area contributed by atoms with Gasteiger partial charge in [-0.3, -0.25) is 0 Å². The van der Waals surface area contributed by atoms with E-state index in [9.17, 15) is 5.11 Å². The van der Waals surface area contributed by atoms with Crippen LogP contribution in [0.5, 0.6) is 0 Å². The van der Waals surface area contributed by atoms with Gasteiger partial charge < -0.3 is 15.2 Å². The summed E-state index contributed by atoms with van der Waals surface area (Å²) in [6.07, 6.45) is 4.81. The zero-order valence-corrected chi connectivity index (χ0v) is 11.8. The van der Waals surface area contributed by atoms with Gasteiger partial charge in [-0.15, -0.1) is 0 Å². The first-order chi connectivity index (χ1) is 7.87. The predicted octanol–water partition coefficient (Wildman–Crippen LogP) is 2.33. The fourth-order valence-corrected chi connectivity index (χ4v) is 2.13. The van der Waals surface area contributed by atoms with Crippen LogP contribution < -0.4 is 5.32 Å². The topological polar surface area (TPSA) is 41.5 Å². The number of aliphatic hydroxyl groups is 1. The molecule has 0 saturated heterocycles. The average molecular weight is 243 g/mol. The van der Waals surface area contributed by atoms with Crippen molar-refractivity contribution in [1.29, 1.82) is 0 Å². The Morgan fingerprint density at radius 2 is 1.82 bits per heavy atom. The fraction of sp³-hybridized carbons (Fsp3) is 1.00. The Labute approximate surface area is 106 Å². The van der Waals surface area contributed by atoms with Crippen molar-refractivity contribution >= 4 is 0 Å². The summed E-state index contributed by atoms with van der Waals surface area (Å²) in [5, 5.41) is 13.1.